The highest BCUT2D eigenvalue weighted by Gasteiger charge is 2.21. The van der Waals surface area contributed by atoms with Gasteiger partial charge in [-0.15, -0.1) is 0 Å². The van der Waals surface area contributed by atoms with E-state index in [4.69, 9.17) is 0 Å². The Balaban J connectivity index is 2.07. The predicted octanol–water partition coefficient (Wildman–Crippen LogP) is 3.80. The SMILES string of the molecule is Cc1ccccc1[C@@H](C#N)C(=O)CCc1ccccc1. The Morgan fingerprint density at radius 3 is 2.40 bits per heavy atom. The van der Waals surface area contributed by atoms with Gasteiger partial charge >= 0.3 is 0 Å². The first-order valence-electron chi connectivity index (χ1n) is 6.74. The van der Waals surface area contributed by atoms with Gasteiger partial charge in [0.15, 0.2) is 5.78 Å². The van der Waals surface area contributed by atoms with E-state index in [0.717, 1.165) is 16.7 Å². The van der Waals surface area contributed by atoms with E-state index >= 15 is 0 Å². The Kier molecular flexibility index (Phi) is 4.68. The number of Topliss-reactive ketones (excluding diaryl/α,β-unsaturated/α-hetero) is 1. The van der Waals surface area contributed by atoms with E-state index < -0.39 is 5.92 Å². The second-order valence-electron chi connectivity index (χ2n) is 4.87. The standard InChI is InChI=1S/C18H17NO/c1-14-7-5-6-10-16(14)17(13-19)18(20)12-11-15-8-3-2-4-9-15/h2-10,17H,11-12H2,1H3/t17-/m1/s1. The van der Waals surface area contributed by atoms with Crippen molar-refractivity contribution in [1.82, 2.24) is 0 Å². The molecule has 0 aliphatic carbocycles. The molecule has 20 heavy (non-hydrogen) atoms. The number of nitrogens with zero attached hydrogens (tertiary/aromatic N) is 1. The van der Waals surface area contributed by atoms with Crippen molar-refractivity contribution in [3.05, 3.63) is 71.3 Å². The normalized spacial score (nSPS) is 11.6. The summed E-state index contributed by atoms with van der Waals surface area (Å²) < 4.78 is 0. The highest BCUT2D eigenvalue weighted by atomic mass is 16.1. The zero-order valence-corrected chi connectivity index (χ0v) is 11.5. The monoisotopic (exact) mass is 263 g/mol. The molecule has 0 saturated heterocycles. The lowest BCUT2D eigenvalue weighted by molar-refractivity contribution is -0.119. The van der Waals surface area contributed by atoms with Crippen LogP contribution < -0.4 is 0 Å². The van der Waals surface area contributed by atoms with Crippen LogP contribution in [-0.2, 0) is 11.2 Å². The number of hydrogen-bond donors (Lipinski definition) is 0. The number of ketones is 1. The van der Waals surface area contributed by atoms with Crippen LogP contribution in [0.4, 0.5) is 0 Å². The maximum Gasteiger partial charge on any atom is 0.154 e. The fourth-order valence-electron chi connectivity index (χ4n) is 2.28. The van der Waals surface area contributed by atoms with Gasteiger partial charge in [-0.05, 0) is 30.0 Å². The third kappa shape index (κ3) is 3.33. The Morgan fingerprint density at radius 2 is 1.75 bits per heavy atom. The van der Waals surface area contributed by atoms with E-state index in [9.17, 15) is 10.1 Å². The summed E-state index contributed by atoms with van der Waals surface area (Å²) in [5.41, 5.74) is 2.95. The first-order valence-corrected chi connectivity index (χ1v) is 6.74. The number of aryl methyl sites for hydroxylation is 2. The molecule has 1 atom stereocenters. The van der Waals surface area contributed by atoms with E-state index in [1.165, 1.54) is 0 Å². The van der Waals surface area contributed by atoms with Gasteiger partial charge in [0.1, 0.15) is 5.92 Å². The molecule has 2 heteroatoms. The van der Waals surface area contributed by atoms with E-state index in [1.807, 2.05) is 61.5 Å². The highest BCUT2D eigenvalue weighted by molar-refractivity contribution is 5.88. The van der Waals surface area contributed by atoms with E-state index in [0.29, 0.717) is 12.8 Å². The molecule has 0 saturated carbocycles. The lowest BCUT2D eigenvalue weighted by Crippen LogP contribution is -2.12. The molecule has 0 unspecified atom stereocenters. The molecule has 0 aliphatic rings. The molecule has 0 aromatic heterocycles. The molecule has 0 heterocycles. The van der Waals surface area contributed by atoms with Gasteiger partial charge < -0.3 is 0 Å². The summed E-state index contributed by atoms with van der Waals surface area (Å²) in [6.07, 6.45) is 1.08. The van der Waals surface area contributed by atoms with Crippen molar-refractivity contribution in [3.63, 3.8) is 0 Å². The van der Waals surface area contributed by atoms with Crippen LogP contribution in [0, 0.1) is 18.3 Å². The van der Waals surface area contributed by atoms with Crippen molar-refractivity contribution >= 4 is 5.78 Å². The smallest absolute Gasteiger partial charge is 0.154 e. The fraction of sp³-hybridized carbons (Fsp3) is 0.222. The predicted molar refractivity (Wildman–Crippen MR) is 79.3 cm³/mol. The van der Waals surface area contributed by atoms with Gasteiger partial charge in [0.05, 0.1) is 6.07 Å². The number of hydrogen-bond acceptors (Lipinski definition) is 2. The summed E-state index contributed by atoms with van der Waals surface area (Å²) in [6, 6.07) is 19.6. The van der Waals surface area contributed by atoms with Crippen molar-refractivity contribution in [2.75, 3.05) is 0 Å². The van der Waals surface area contributed by atoms with Crippen LogP contribution in [-0.4, -0.2) is 5.78 Å². The maximum atomic E-state index is 12.3. The molecule has 0 amide bonds. The molecule has 0 spiro atoms. The maximum absolute atomic E-state index is 12.3. The molecule has 2 rings (SSSR count). The van der Waals surface area contributed by atoms with Crippen LogP contribution in [0.15, 0.2) is 54.6 Å². The van der Waals surface area contributed by atoms with Crippen LogP contribution in [0.5, 0.6) is 0 Å². The van der Waals surface area contributed by atoms with Gasteiger partial charge in [-0.3, -0.25) is 4.79 Å². The van der Waals surface area contributed by atoms with Crippen molar-refractivity contribution in [1.29, 1.82) is 5.26 Å². The van der Waals surface area contributed by atoms with Gasteiger partial charge in [0.25, 0.3) is 0 Å². The topological polar surface area (TPSA) is 40.9 Å². The van der Waals surface area contributed by atoms with Crippen LogP contribution >= 0.6 is 0 Å². The molecule has 2 nitrogen and oxygen atoms in total. The molecule has 0 radical (unpaired) electrons. The van der Waals surface area contributed by atoms with Crippen LogP contribution in [0.3, 0.4) is 0 Å². The molecule has 0 fully saturated rings. The van der Waals surface area contributed by atoms with Gasteiger partial charge in [-0.1, -0.05) is 54.6 Å². The first-order chi connectivity index (χ1) is 9.72. The molecule has 0 aliphatic heterocycles. The Morgan fingerprint density at radius 1 is 1.10 bits per heavy atom. The molecule has 2 aromatic carbocycles. The van der Waals surface area contributed by atoms with Gasteiger partial charge in [-0.25, -0.2) is 0 Å². The number of carbonyl (C=O) groups is 1. The number of carbonyl (C=O) groups excluding carboxylic acids is 1. The van der Waals surface area contributed by atoms with Crippen LogP contribution in [0.25, 0.3) is 0 Å². The molecular weight excluding hydrogens is 246 g/mol. The van der Waals surface area contributed by atoms with Crippen molar-refractivity contribution in [3.8, 4) is 6.07 Å². The summed E-state index contributed by atoms with van der Waals surface area (Å²) >= 11 is 0. The second-order valence-corrected chi connectivity index (χ2v) is 4.87. The Hall–Kier alpha value is -2.40. The zero-order valence-electron chi connectivity index (χ0n) is 11.5. The molecule has 0 bridgehead atoms. The van der Waals surface area contributed by atoms with E-state index in [-0.39, 0.29) is 5.78 Å². The van der Waals surface area contributed by atoms with Gasteiger partial charge in [0.2, 0.25) is 0 Å². The molecule has 100 valence electrons. The van der Waals surface area contributed by atoms with Crippen molar-refractivity contribution < 1.29 is 4.79 Å². The van der Waals surface area contributed by atoms with E-state index in [1.54, 1.807) is 0 Å². The number of nitriles is 1. The molecule has 0 N–H and O–H groups in total. The zero-order chi connectivity index (χ0) is 14.4. The molecular formula is C18H17NO. The highest BCUT2D eigenvalue weighted by Crippen LogP contribution is 2.22. The minimum atomic E-state index is -0.653. The van der Waals surface area contributed by atoms with E-state index in [2.05, 4.69) is 6.07 Å². The third-order valence-electron chi connectivity index (χ3n) is 3.45. The average molecular weight is 263 g/mol. The van der Waals surface area contributed by atoms with Crippen molar-refractivity contribution in [2.45, 2.75) is 25.7 Å². The summed E-state index contributed by atoms with van der Waals surface area (Å²) in [5.74, 6) is -0.662. The average Bonchev–Trinajstić information content (AvgIpc) is 2.49. The van der Waals surface area contributed by atoms with Crippen molar-refractivity contribution in [2.24, 2.45) is 0 Å². The first kappa shape index (κ1) is 14.0. The second kappa shape index (κ2) is 6.68. The van der Waals surface area contributed by atoms with Gasteiger partial charge in [-0.2, -0.15) is 5.26 Å². The van der Waals surface area contributed by atoms with Crippen LogP contribution in [0.1, 0.15) is 29.0 Å². The lowest BCUT2D eigenvalue weighted by atomic mass is 9.90. The minimum absolute atomic E-state index is 0.00865. The minimum Gasteiger partial charge on any atom is -0.298 e. The Bertz CT molecular complexity index is 625. The fourth-order valence-corrected chi connectivity index (χ4v) is 2.28. The van der Waals surface area contributed by atoms with Crippen LogP contribution in [0.2, 0.25) is 0 Å². The molecule has 2 aromatic rings. The number of rotatable bonds is 5. The largest absolute Gasteiger partial charge is 0.298 e. The quantitative estimate of drug-likeness (QED) is 0.823. The summed E-state index contributed by atoms with van der Waals surface area (Å²) in [5, 5.41) is 9.30. The summed E-state index contributed by atoms with van der Waals surface area (Å²) in [6.45, 7) is 1.93. The third-order valence-corrected chi connectivity index (χ3v) is 3.45. The summed E-state index contributed by atoms with van der Waals surface area (Å²) in [4.78, 5) is 12.3. The Labute approximate surface area is 119 Å². The van der Waals surface area contributed by atoms with Gasteiger partial charge in [0, 0.05) is 6.42 Å². The number of benzene rings is 2. The summed E-state index contributed by atoms with van der Waals surface area (Å²) in [7, 11) is 0. The lowest BCUT2D eigenvalue weighted by Gasteiger charge is -2.11.